The second-order valence-electron chi connectivity index (χ2n) is 4.11. The standard InChI is InChI=1S/C12H17Cl2N2O2P/c13-6-8-15(9-7-14)19(17)16(10-11-18-19)12-4-2-1-3-5-12/h1-5H,6-11H2. The van der Waals surface area contributed by atoms with Gasteiger partial charge >= 0.3 is 7.67 Å². The quantitative estimate of drug-likeness (QED) is 0.593. The molecular weight excluding hydrogens is 306 g/mol. The van der Waals surface area contributed by atoms with E-state index in [0.717, 1.165) is 5.69 Å². The van der Waals surface area contributed by atoms with Gasteiger partial charge < -0.3 is 0 Å². The molecular formula is C12H17Cl2N2O2P. The van der Waals surface area contributed by atoms with E-state index in [4.69, 9.17) is 27.7 Å². The van der Waals surface area contributed by atoms with Crippen LogP contribution in [-0.2, 0) is 9.09 Å². The number of benzene rings is 1. The van der Waals surface area contributed by atoms with E-state index >= 15 is 0 Å². The van der Waals surface area contributed by atoms with Crippen LogP contribution in [0.4, 0.5) is 5.69 Å². The first-order valence-electron chi connectivity index (χ1n) is 6.17. The number of rotatable bonds is 6. The second kappa shape index (κ2) is 6.96. The molecule has 0 radical (unpaired) electrons. The Balaban J connectivity index is 2.26. The first kappa shape index (κ1) is 15.1. The zero-order chi connectivity index (χ0) is 13.7. The molecule has 2 rings (SSSR count). The van der Waals surface area contributed by atoms with E-state index in [1.165, 1.54) is 0 Å². The summed E-state index contributed by atoms with van der Waals surface area (Å²) in [5.41, 5.74) is 0.900. The van der Waals surface area contributed by atoms with E-state index in [-0.39, 0.29) is 0 Å². The minimum absolute atomic E-state index is 0.396. The maximum absolute atomic E-state index is 13.1. The fraction of sp³-hybridized carbons (Fsp3) is 0.500. The number of nitrogens with zero attached hydrogens (tertiary/aromatic N) is 2. The van der Waals surface area contributed by atoms with Gasteiger partial charge in [-0.15, -0.1) is 23.2 Å². The molecule has 1 aliphatic heterocycles. The Labute approximate surface area is 123 Å². The highest BCUT2D eigenvalue weighted by atomic mass is 35.5. The van der Waals surface area contributed by atoms with Gasteiger partial charge in [-0.3, -0.25) is 9.19 Å². The molecule has 1 aliphatic rings. The molecule has 1 aromatic rings. The van der Waals surface area contributed by atoms with Gasteiger partial charge in [0.25, 0.3) is 0 Å². The Morgan fingerprint density at radius 3 is 2.42 bits per heavy atom. The van der Waals surface area contributed by atoms with Crippen LogP contribution in [0.1, 0.15) is 0 Å². The van der Waals surface area contributed by atoms with Crippen LogP contribution in [0.2, 0.25) is 0 Å². The average molecular weight is 323 g/mol. The Hall–Kier alpha value is -0.250. The highest BCUT2D eigenvalue weighted by Crippen LogP contribution is 2.58. The molecule has 0 aromatic heterocycles. The number of para-hydroxylation sites is 1. The normalized spacial score (nSPS) is 23.2. The molecule has 0 bridgehead atoms. The van der Waals surface area contributed by atoms with Crippen molar-refractivity contribution < 1.29 is 9.09 Å². The molecule has 4 nitrogen and oxygen atoms in total. The minimum atomic E-state index is -3.05. The zero-order valence-electron chi connectivity index (χ0n) is 10.5. The molecule has 0 saturated carbocycles. The third-order valence-electron chi connectivity index (χ3n) is 2.96. The van der Waals surface area contributed by atoms with Gasteiger partial charge in [0, 0.05) is 30.5 Å². The maximum atomic E-state index is 13.1. The Morgan fingerprint density at radius 2 is 1.84 bits per heavy atom. The second-order valence-corrected chi connectivity index (χ2v) is 7.16. The highest BCUT2D eigenvalue weighted by Gasteiger charge is 2.42. The number of hydrogen-bond acceptors (Lipinski definition) is 2. The molecule has 106 valence electrons. The van der Waals surface area contributed by atoms with Gasteiger partial charge in [0.05, 0.1) is 13.2 Å². The maximum Gasteiger partial charge on any atom is 0.371 e. The lowest BCUT2D eigenvalue weighted by Gasteiger charge is -2.33. The van der Waals surface area contributed by atoms with Gasteiger partial charge in [-0.05, 0) is 12.1 Å². The third-order valence-corrected chi connectivity index (χ3v) is 5.98. The van der Waals surface area contributed by atoms with Crippen molar-refractivity contribution in [3.05, 3.63) is 30.3 Å². The van der Waals surface area contributed by atoms with Gasteiger partial charge in [0.2, 0.25) is 0 Å². The van der Waals surface area contributed by atoms with Crippen LogP contribution in [0.3, 0.4) is 0 Å². The molecule has 7 heteroatoms. The predicted molar refractivity (Wildman–Crippen MR) is 80.4 cm³/mol. The van der Waals surface area contributed by atoms with Crippen LogP contribution in [0.15, 0.2) is 30.3 Å². The molecule has 1 aromatic carbocycles. The van der Waals surface area contributed by atoms with Gasteiger partial charge in [-0.2, -0.15) is 0 Å². The smallest absolute Gasteiger partial charge is 0.300 e. The summed E-state index contributed by atoms with van der Waals surface area (Å²) in [7, 11) is -3.05. The summed E-state index contributed by atoms with van der Waals surface area (Å²) in [6, 6.07) is 9.64. The van der Waals surface area contributed by atoms with Crippen LogP contribution in [0.5, 0.6) is 0 Å². The summed E-state index contributed by atoms with van der Waals surface area (Å²) in [6.07, 6.45) is 0. The van der Waals surface area contributed by atoms with E-state index in [2.05, 4.69) is 0 Å². The topological polar surface area (TPSA) is 32.8 Å². The lowest BCUT2D eigenvalue weighted by Crippen LogP contribution is -2.31. The van der Waals surface area contributed by atoms with Crippen LogP contribution < -0.4 is 4.67 Å². The molecule has 19 heavy (non-hydrogen) atoms. The monoisotopic (exact) mass is 322 g/mol. The summed E-state index contributed by atoms with van der Waals surface area (Å²) >= 11 is 11.6. The zero-order valence-corrected chi connectivity index (χ0v) is 12.9. The van der Waals surface area contributed by atoms with Crippen molar-refractivity contribution in [2.24, 2.45) is 0 Å². The SMILES string of the molecule is O=P1(N(CCCl)CCCl)OCCN1c1ccccc1. The van der Waals surface area contributed by atoms with Crippen molar-refractivity contribution in [1.29, 1.82) is 0 Å². The average Bonchev–Trinajstić information content (AvgIpc) is 2.83. The minimum Gasteiger partial charge on any atom is -0.300 e. The predicted octanol–water partition coefficient (Wildman–Crippen LogP) is 3.41. The van der Waals surface area contributed by atoms with Crippen LogP contribution >= 0.6 is 30.9 Å². The van der Waals surface area contributed by atoms with Gasteiger partial charge in [0.15, 0.2) is 0 Å². The van der Waals surface area contributed by atoms with Crippen molar-refractivity contribution in [1.82, 2.24) is 4.67 Å². The van der Waals surface area contributed by atoms with Crippen LogP contribution in [-0.4, -0.2) is 42.7 Å². The molecule has 0 aliphatic carbocycles. The third kappa shape index (κ3) is 3.26. The van der Waals surface area contributed by atoms with Crippen molar-refractivity contribution in [2.75, 3.05) is 42.7 Å². The van der Waals surface area contributed by atoms with Gasteiger partial charge in [-0.1, -0.05) is 18.2 Å². The summed E-state index contributed by atoms with van der Waals surface area (Å²) in [6.45, 7) is 2.05. The molecule has 0 amide bonds. The van der Waals surface area contributed by atoms with E-state index in [0.29, 0.717) is 38.0 Å². The van der Waals surface area contributed by atoms with Crippen molar-refractivity contribution in [2.45, 2.75) is 0 Å². The van der Waals surface area contributed by atoms with Gasteiger partial charge in [0.1, 0.15) is 0 Å². The fourth-order valence-corrected chi connectivity index (χ4v) is 5.15. The molecule has 1 fully saturated rings. The molecule has 1 atom stereocenters. The highest BCUT2D eigenvalue weighted by molar-refractivity contribution is 7.58. The summed E-state index contributed by atoms with van der Waals surface area (Å²) in [5, 5.41) is 0. The largest absolute Gasteiger partial charge is 0.371 e. The van der Waals surface area contributed by atoms with Crippen LogP contribution in [0.25, 0.3) is 0 Å². The first-order valence-corrected chi connectivity index (χ1v) is 8.77. The molecule has 1 unspecified atom stereocenters. The summed E-state index contributed by atoms with van der Waals surface area (Å²) in [4.78, 5) is 0. The van der Waals surface area contributed by atoms with Crippen molar-refractivity contribution in [3.63, 3.8) is 0 Å². The number of anilines is 1. The van der Waals surface area contributed by atoms with E-state index in [1.807, 2.05) is 35.0 Å². The molecule has 1 saturated heterocycles. The molecule has 0 N–H and O–H groups in total. The lowest BCUT2D eigenvalue weighted by molar-refractivity contribution is 0.303. The van der Waals surface area contributed by atoms with Crippen molar-refractivity contribution in [3.8, 4) is 0 Å². The number of alkyl halides is 2. The fourth-order valence-electron chi connectivity index (χ4n) is 2.11. The molecule has 0 spiro atoms. The Kier molecular flexibility index (Phi) is 5.55. The Morgan fingerprint density at radius 1 is 1.21 bits per heavy atom. The van der Waals surface area contributed by atoms with E-state index in [1.54, 1.807) is 4.67 Å². The van der Waals surface area contributed by atoms with Gasteiger partial charge in [-0.25, -0.2) is 9.24 Å². The molecule has 1 heterocycles. The number of hydrogen-bond donors (Lipinski definition) is 0. The number of halogens is 2. The van der Waals surface area contributed by atoms with E-state index < -0.39 is 7.67 Å². The Bertz CT molecular complexity index is 441. The summed E-state index contributed by atoms with van der Waals surface area (Å²) < 4.78 is 22.3. The lowest BCUT2D eigenvalue weighted by atomic mass is 10.3. The first-order chi connectivity index (χ1) is 9.22. The van der Waals surface area contributed by atoms with E-state index in [9.17, 15) is 4.57 Å². The van der Waals surface area contributed by atoms with Crippen LogP contribution in [0, 0.1) is 0 Å². The summed E-state index contributed by atoms with van der Waals surface area (Å²) in [5.74, 6) is 0.791. The van der Waals surface area contributed by atoms with Crippen molar-refractivity contribution >= 4 is 36.6 Å².